The van der Waals surface area contributed by atoms with E-state index in [0.29, 0.717) is 29.4 Å². The molecule has 3 heterocycles. The molecule has 0 radical (unpaired) electrons. The first kappa shape index (κ1) is 30.8. The molecular weight excluding hydrogens is 639 g/mol. The van der Waals surface area contributed by atoms with Gasteiger partial charge in [-0.2, -0.15) is 4.57 Å². The highest BCUT2D eigenvalue weighted by Gasteiger charge is 2.55. The summed E-state index contributed by atoms with van der Waals surface area (Å²) in [4.78, 5) is 0.951. The number of benzene rings is 3. The Hall–Kier alpha value is -2.17. The van der Waals surface area contributed by atoms with Crippen LogP contribution in [-0.2, 0) is 23.1 Å². The smallest absolute Gasteiger partial charge is 0.263 e. The fourth-order valence-electron chi connectivity index (χ4n) is 6.34. The molecule has 2 unspecified atom stereocenters. The van der Waals surface area contributed by atoms with Crippen molar-refractivity contribution in [3.05, 3.63) is 104 Å². The average molecular weight is 673 g/mol. The van der Waals surface area contributed by atoms with Crippen molar-refractivity contribution in [1.82, 2.24) is 4.48 Å². The van der Waals surface area contributed by atoms with Gasteiger partial charge in [-0.15, -0.1) is 0 Å². The van der Waals surface area contributed by atoms with Crippen LogP contribution in [0, 0.1) is 0 Å². The van der Waals surface area contributed by atoms with Crippen molar-refractivity contribution >= 4 is 78.4 Å². The normalized spacial score (nSPS) is 21.3. The zero-order valence-corrected chi connectivity index (χ0v) is 27.8. The Morgan fingerprint density at radius 1 is 1.07 bits per heavy atom. The molecule has 3 aromatic carbocycles. The Morgan fingerprint density at radius 2 is 1.84 bits per heavy atom. The predicted molar refractivity (Wildman–Crippen MR) is 179 cm³/mol. The van der Waals surface area contributed by atoms with Crippen LogP contribution >= 0.6 is 46.3 Å². The van der Waals surface area contributed by atoms with Gasteiger partial charge >= 0.3 is 0 Å². The largest absolute Gasteiger partial charge is 0.743 e. The molecule has 2 aliphatic rings. The molecule has 1 saturated heterocycles. The van der Waals surface area contributed by atoms with Crippen molar-refractivity contribution in [3.8, 4) is 0 Å². The number of unbranched alkanes of at least 4 members (excludes halogenated alkanes) is 1. The molecule has 10 heteroatoms. The molecule has 4 aromatic rings. The van der Waals surface area contributed by atoms with E-state index in [4.69, 9.17) is 23.2 Å². The number of quaternary nitrogens is 1. The summed E-state index contributed by atoms with van der Waals surface area (Å²) in [5.41, 5.74) is 4.35. The van der Waals surface area contributed by atoms with Crippen molar-refractivity contribution in [1.29, 1.82) is 0 Å². The van der Waals surface area contributed by atoms with Crippen LogP contribution < -0.4 is 9.05 Å². The van der Waals surface area contributed by atoms with Crippen LogP contribution in [0.15, 0.2) is 88.3 Å². The lowest BCUT2D eigenvalue weighted by Gasteiger charge is -2.37. The molecule has 0 aliphatic carbocycles. The number of aryl methyl sites for hydroxylation is 2. The van der Waals surface area contributed by atoms with Gasteiger partial charge in [-0.05, 0) is 66.4 Å². The molecule has 0 amide bonds. The Balaban J connectivity index is 1.38. The van der Waals surface area contributed by atoms with Gasteiger partial charge in [0, 0.05) is 53.6 Å². The number of rotatable bonds is 9. The molecule has 1 fully saturated rings. The molecule has 2 aliphatic heterocycles. The first-order valence-corrected chi connectivity index (χ1v) is 18.4. The van der Waals surface area contributed by atoms with Crippen molar-refractivity contribution in [2.24, 2.45) is 0 Å². The predicted octanol–water partition coefficient (Wildman–Crippen LogP) is 8.93. The SMILES string of the molecule is CCC(=Cc1sc2ccc(Cl)cc2[n+]1CCCCc1ccccc1)C=C1Sc2ccc(Cl)cc2[N+]12CCCC2S(=O)(=O)[O-]. The number of fused-ring (bicyclic) bond motifs is 3. The Bertz CT molecular complexity index is 1840. The third-order valence-electron chi connectivity index (χ3n) is 8.40. The minimum Gasteiger partial charge on any atom is -0.743 e. The van der Waals surface area contributed by atoms with Crippen LogP contribution in [0.4, 0.5) is 5.69 Å². The summed E-state index contributed by atoms with van der Waals surface area (Å²) in [6, 6.07) is 22.2. The summed E-state index contributed by atoms with van der Waals surface area (Å²) in [6.07, 6.45) is 9.20. The maximum absolute atomic E-state index is 12.6. The molecule has 0 bridgehead atoms. The van der Waals surface area contributed by atoms with Crippen molar-refractivity contribution in [2.45, 2.75) is 62.3 Å². The maximum atomic E-state index is 12.6. The second-order valence-corrected chi connectivity index (χ2v) is 15.6. The fraction of sp³-hybridized carbons (Fsp3) is 0.303. The topological polar surface area (TPSA) is 61.1 Å². The number of aromatic nitrogens is 1. The molecule has 1 spiro atoms. The highest BCUT2D eigenvalue weighted by atomic mass is 35.5. The molecule has 2 atom stereocenters. The molecule has 0 N–H and O–H groups in total. The van der Waals surface area contributed by atoms with Gasteiger partial charge in [0.15, 0.2) is 32.8 Å². The molecular formula is C33H33Cl2N2O3S3+. The van der Waals surface area contributed by atoms with Gasteiger partial charge in [0.2, 0.25) is 5.52 Å². The van der Waals surface area contributed by atoms with Gasteiger partial charge in [0.25, 0.3) is 5.01 Å². The number of hydrogen-bond acceptors (Lipinski definition) is 5. The fourth-order valence-corrected chi connectivity index (χ4v) is 10.5. The third-order valence-corrected chi connectivity index (χ3v) is 12.5. The van der Waals surface area contributed by atoms with E-state index in [1.165, 1.54) is 10.3 Å². The van der Waals surface area contributed by atoms with Gasteiger partial charge in [0.1, 0.15) is 4.70 Å². The van der Waals surface area contributed by atoms with Crippen LogP contribution in [-0.4, -0.2) is 24.9 Å². The first-order chi connectivity index (χ1) is 20.7. The van der Waals surface area contributed by atoms with Gasteiger partial charge in [0.05, 0.1) is 11.4 Å². The van der Waals surface area contributed by atoms with E-state index in [9.17, 15) is 13.0 Å². The highest BCUT2D eigenvalue weighted by Crippen LogP contribution is 2.57. The van der Waals surface area contributed by atoms with Gasteiger partial charge in [-0.25, -0.2) is 12.9 Å². The minimum absolute atomic E-state index is 0.0330. The Kier molecular flexibility index (Phi) is 9.09. The third kappa shape index (κ3) is 6.21. The lowest BCUT2D eigenvalue weighted by atomic mass is 10.1. The summed E-state index contributed by atoms with van der Waals surface area (Å²) in [7, 11) is -4.55. The molecule has 1 aromatic heterocycles. The number of thiazole rings is 1. The van der Waals surface area contributed by atoms with Crippen LogP contribution in [0.25, 0.3) is 16.3 Å². The van der Waals surface area contributed by atoms with Gasteiger partial charge < -0.3 is 4.55 Å². The van der Waals surface area contributed by atoms with E-state index in [1.54, 1.807) is 23.1 Å². The van der Waals surface area contributed by atoms with Crippen LogP contribution in [0.3, 0.4) is 0 Å². The van der Waals surface area contributed by atoms with Crippen molar-refractivity contribution in [2.75, 3.05) is 6.54 Å². The van der Waals surface area contributed by atoms with E-state index < -0.39 is 15.5 Å². The number of nitrogens with zero attached hydrogens (tertiary/aromatic N) is 2. The van der Waals surface area contributed by atoms with E-state index in [-0.39, 0.29) is 4.48 Å². The van der Waals surface area contributed by atoms with E-state index in [2.05, 4.69) is 54.0 Å². The second-order valence-electron chi connectivity index (χ2n) is 11.1. The van der Waals surface area contributed by atoms with Gasteiger partial charge in [-0.1, -0.05) is 71.8 Å². The maximum Gasteiger partial charge on any atom is 0.263 e. The van der Waals surface area contributed by atoms with E-state index in [0.717, 1.165) is 63.9 Å². The van der Waals surface area contributed by atoms with Gasteiger partial charge in [-0.3, -0.25) is 0 Å². The molecule has 0 saturated carbocycles. The monoisotopic (exact) mass is 671 g/mol. The zero-order valence-electron chi connectivity index (χ0n) is 23.8. The number of thioether (sulfide) groups is 1. The molecule has 6 rings (SSSR count). The van der Waals surface area contributed by atoms with Crippen LogP contribution in [0.1, 0.15) is 49.6 Å². The summed E-state index contributed by atoms with van der Waals surface area (Å²) in [5.74, 6) is 0. The first-order valence-electron chi connectivity index (χ1n) is 14.6. The van der Waals surface area contributed by atoms with Crippen LogP contribution in [0.2, 0.25) is 10.0 Å². The number of allylic oxidation sites excluding steroid dienone is 2. The summed E-state index contributed by atoms with van der Waals surface area (Å²) >= 11 is 16.1. The van der Waals surface area contributed by atoms with Crippen LogP contribution in [0.5, 0.6) is 0 Å². The lowest BCUT2D eigenvalue weighted by molar-refractivity contribution is -0.669. The minimum atomic E-state index is -4.55. The number of halogens is 2. The lowest BCUT2D eigenvalue weighted by Crippen LogP contribution is -2.53. The summed E-state index contributed by atoms with van der Waals surface area (Å²) < 4.78 is 41.4. The zero-order chi connectivity index (χ0) is 30.2. The average Bonchev–Trinajstić information content (AvgIpc) is 3.66. The summed E-state index contributed by atoms with van der Waals surface area (Å²) in [5, 5.41) is 2.17. The Labute approximate surface area is 271 Å². The number of hydrogen-bond donors (Lipinski definition) is 0. The highest BCUT2D eigenvalue weighted by molar-refractivity contribution is 8.03. The summed E-state index contributed by atoms with van der Waals surface area (Å²) in [6.45, 7) is 3.52. The van der Waals surface area contributed by atoms with E-state index >= 15 is 0 Å². The second kappa shape index (κ2) is 12.7. The molecule has 5 nitrogen and oxygen atoms in total. The quantitative estimate of drug-likeness (QED) is 0.0771. The van der Waals surface area contributed by atoms with E-state index in [1.807, 2.05) is 36.4 Å². The standard InChI is InChI=1S/C33H33Cl2N2O3S3/c1-2-23(20-32-37(18-8-12-33(37)43(38,39)40)28-22-26(35)14-16-30(28)42-32)19-31-36(27-21-25(34)13-15-29(27)41-31)17-7-6-11-24-9-4-3-5-10-24/h3-5,9-10,13-16,19-22,33H,2,6-8,11-12,17-18H2,1H3/q+1. The van der Waals surface area contributed by atoms with Crippen molar-refractivity contribution < 1.29 is 17.5 Å². The van der Waals surface area contributed by atoms with Crippen molar-refractivity contribution in [3.63, 3.8) is 0 Å². The molecule has 224 valence electrons. The Morgan fingerprint density at radius 3 is 2.60 bits per heavy atom. The molecule has 43 heavy (non-hydrogen) atoms.